The van der Waals surface area contributed by atoms with Crippen molar-refractivity contribution in [3.05, 3.63) is 46.3 Å². The molecular formula is C24H32Cl2N4O3S. The largest absolute Gasteiger partial charge is 0.339 e. The number of aromatic nitrogens is 2. The van der Waals surface area contributed by atoms with Crippen LogP contribution in [0.3, 0.4) is 0 Å². The van der Waals surface area contributed by atoms with E-state index >= 15 is 0 Å². The summed E-state index contributed by atoms with van der Waals surface area (Å²) in [6.07, 6.45) is 10.8. The Kier molecular flexibility index (Phi) is 8.04. The Balaban J connectivity index is 1.48. The molecule has 0 N–H and O–H groups in total. The fraction of sp³-hybridized carbons (Fsp3) is 0.583. The van der Waals surface area contributed by atoms with Gasteiger partial charge in [0.15, 0.2) is 10.8 Å². The van der Waals surface area contributed by atoms with Gasteiger partial charge in [-0.3, -0.25) is 9.69 Å². The van der Waals surface area contributed by atoms with Gasteiger partial charge in [-0.25, -0.2) is 13.4 Å². The summed E-state index contributed by atoms with van der Waals surface area (Å²) < 4.78 is 29.2. The maximum absolute atomic E-state index is 13.1. The summed E-state index contributed by atoms with van der Waals surface area (Å²) in [5, 5.41) is 0.872. The van der Waals surface area contributed by atoms with Gasteiger partial charge in [0.2, 0.25) is 0 Å². The number of carbonyl (C=O) groups excluding carboxylic acids is 1. The highest BCUT2D eigenvalue weighted by atomic mass is 35.5. The maximum Gasteiger partial charge on any atom is 0.262 e. The van der Waals surface area contributed by atoms with Crippen molar-refractivity contribution in [3.63, 3.8) is 0 Å². The number of ketones is 1. The van der Waals surface area contributed by atoms with E-state index in [-0.39, 0.29) is 16.3 Å². The van der Waals surface area contributed by atoms with Crippen LogP contribution in [0.25, 0.3) is 0 Å². The van der Waals surface area contributed by atoms with Crippen LogP contribution in [0.1, 0.15) is 61.7 Å². The first-order chi connectivity index (χ1) is 16.2. The van der Waals surface area contributed by atoms with Crippen molar-refractivity contribution in [2.45, 2.75) is 61.9 Å². The summed E-state index contributed by atoms with van der Waals surface area (Å²) in [4.78, 5) is 19.6. The minimum atomic E-state index is -3.60. The molecule has 0 radical (unpaired) electrons. The third kappa shape index (κ3) is 5.36. The van der Waals surface area contributed by atoms with Gasteiger partial charge >= 0.3 is 0 Å². The monoisotopic (exact) mass is 526 g/mol. The molecule has 0 unspecified atom stereocenters. The molecule has 1 aliphatic carbocycles. The van der Waals surface area contributed by atoms with Crippen LogP contribution in [-0.2, 0) is 17.1 Å². The number of carbonyl (C=O) groups is 1. The summed E-state index contributed by atoms with van der Waals surface area (Å²) in [6.45, 7) is 2.14. The quantitative estimate of drug-likeness (QED) is 0.383. The maximum atomic E-state index is 13.1. The first-order valence-corrected chi connectivity index (χ1v) is 14.1. The molecule has 1 aromatic carbocycles. The SMILES string of the molecule is Cn1cnc(S(=O)(=O)N2CCN(C3(CCC(=O)c4c(Cl)cccc4Cl)CCCCCC3)CC2)c1. The molecular weight excluding hydrogens is 495 g/mol. The number of piperazine rings is 1. The lowest BCUT2D eigenvalue weighted by Crippen LogP contribution is -2.58. The number of hydrogen-bond donors (Lipinski definition) is 0. The Morgan fingerprint density at radius 3 is 2.21 bits per heavy atom. The van der Waals surface area contributed by atoms with Crippen LogP contribution in [-0.4, -0.2) is 64.7 Å². The van der Waals surface area contributed by atoms with E-state index in [0.717, 1.165) is 32.1 Å². The predicted molar refractivity (Wildman–Crippen MR) is 134 cm³/mol. The Morgan fingerprint density at radius 2 is 1.65 bits per heavy atom. The molecule has 1 aromatic heterocycles. The molecule has 1 saturated heterocycles. The van der Waals surface area contributed by atoms with Gasteiger partial charge in [-0.15, -0.1) is 0 Å². The average Bonchev–Trinajstić information content (AvgIpc) is 3.12. The molecule has 0 amide bonds. The molecule has 0 bridgehead atoms. The molecule has 10 heteroatoms. The fourth-order valence-electron chi connectivity index (χ4n) is 5.40. The smallest absolute Gasteiger partial charge is 0.262 e. The number of imidazole rings is 1. The molecule has 4 rings (SSSR count). The second-order valence-electron chi connectivity index (χ2n) is 9.43. The lowest BCUT2D eigenvalue weighted by Gasteiger charge is -2.47. The summed E-state index contributed by atoms with van der Waals surface area (Å²) in [7, 11) is -1.84. The molecule has 7 nitrogen and oxygen atoms in total. The zero-order chi connectivity index (χ0) is 24.3. The van der Waals surface area contributed by atoms with Crippen molar-refractivity contribution in [1.82, 2.24) is 18.8 Å². The molecule has 0 atom stereocenters. The average molecular weight is 528 g/mol. The Bertz CT molecular complexity index is 1100. The first kappa shape index (κ1) is 25.6. The standard InChI is InChI=1S/C24H32Cl2N4O3S/c1-28-17-22(27-18-28)34(32,33)30-15-13-29(14-16-30)24(10-4-2-3-5-11-24)12-9-21(31)23-19(25)7-6-8-20(23)26/h6-8,17-18H,2-5,9-16H2,1H3. The number of nitrogens with zero attached hydrogens (tertiary/aromatic N) is 4. The van der Waals surface area contributed by atoms with Crippen molar-refractivity contribution < 1.29 is 13.2 Å². The number of aryl methyl sites for hydroxylation is 1. The van der Waals surface area contributed by atoms with Crippen LogP contribution >= 0.6 is 23.2 Å². The molecule has 1 aliphatic heterocycles. The van der Waals surface area contributed by atoms with Gasteiger partial charge < -0.3 is 4.57 Å². The second-order valence-corrected chi connectivity index (χ2v) is 12.1. The van der Waals surface area contributed by atoms with Gasteiger partial charge in [0.05, 0.1) is 21.9 Å². The van der Waals surface area contributed by atoms with Gasteiger partial charge in [0.25, 0.3) is 10.0 Å². The van der Waals surface area contributed by atoms with Crippen molar-refractivity contribution in [1.29, 1.82) is 0 Å². The van der Waals surface area contributed by atoms with Crippen LogP contribution in [0.15, 0.2) is 35.7 Å². The van der Waals surface area contributed by atoms with Gasteiger partial charge in [0.1, 0.15) is 0 Å². The number of halogens is 2. The summed E-state index contributed by atoms with van der Waals surface area (Å²) in [5.74, 6) is -0.0319. The Morgan fingerprint density at radius 1 is 1.03 bits per heavy atom. The van der Waals surface area contributed by atoms with Crippen LogP contribution in [0.4, 0.5) is 0 Å². The highest BCUT2D eigenvalue weighted by molar-refractivity contribution is 7.89. The highest BCUT2D eigenvalue weighted by Gasteiger charge is 2.41. The normalized spacial score (nSPS) is 20.2. The first-order valence-electron chi connectivity index (χ1n) is 11.9. The van der Waals surface area contributed by atoms with Gasteiger partial charge in [-0.2, -0.15) is 4.31 Å². The zero-order valence-electron chi connectivity index (χ0n) is 19.5. The number of hydrogen-bond acceptors (Lipinski definition) is 5. The third-order valence-electron chi connectivity index (χ3n) is 7.29. The molecule has 1 saturated carbocycles. The van der Waals surface area contributed by atoms with Crippen LogP contribution in [0.2, 0.25) is 10.0 Å². The number of rotatable bonds is 7. The predicted octanol–water partition coefficient (Wildman–Crippen LogP) is 4.79. The van der Waals surface area contributed by atoms with E-state index in [1.54, 1.807) is 36.0 Å². The van der Waals surface area contributed by atoms with Crippen molar-refractivity contribution in [3.8, 4) is 0 Å². The summed E-state index contributed by atoms with van der Waals surface area (Å²) in [5.41, 5.74) is 0.293. The molecule has 2 aromatic rings. The lowest BCUT2D eigenvalue weighted by atomic mass is 9.82. The van der Waals surface area contributed by atoms with Crippen LogP contribution in [0, 0.1) is 0 Å². The topological polar surface area (TPSA) is 75.5 Å². The fourth-order valence-corrected chi connectivity index (χ4v) is 7.40. The Labute approximate surface area is 212 Å². The molecule has 0 spiro atoms. The van der Waals surface area contributed by atoms with E-state index < -0.39 is 10.0 Å². The van der Waals surface area contributed by atoms with Crippen LogP contribution in [0.5, 0.6) is 0 Å². The minimum absolute atomic E-state index is 0.0319. The lowest BCUT2D eigenvalue weighted by molar-refractivity contribution is 0.0320. The highest BCUT2D eigenvalue weighted by Crippen LogP contribution is 2.38. The van der Waals surface area contributed by atoms with Gasteiger partial charge in [-0.1, -0.05) is 55.0 Å². The van der Waals surface area contributed by atoms with E-state index in [2.05, 4.69) is 9.88 Å². The van der Waals surface area contributed by atoms with E-state index in [4.69, 9.17) is 23.2 Å². The van der Waals surface area contributed by atoms with Crippen LogP contribution < -0.4 is 0 Å². The van der Waals surface area contributed by atoms with Crippen molar-refractivity contribution in [2.75, 3.05) is 26.2 Å². The number of sulfonamides is 1. The zero-order valence-corrected chi connectivity index (χ0v) is 21.9. The summed E-state index contributed by atoms with van der Waals surface area (Å²) in [6, 6.07) is 5.14. The molecule has 186 valence electrons. The second kappa shape index (κ2) is 10.7. The third-order valence-corrected chi connectivity index (χ3v) is 9.70. The molecule has 34 heavy (non-hydrogen) atoms. The number of benzene rings is 1. The van der Waals surface area contributed by atoms with Gasteiger partial charge in [0, 0.05) is 51.4 Å². The summed E-state index contributed by atoms with van der Waals surface area (Å²) >= 11 is 12.6. The van der Waals surface area contributed by atoms with Crippen molar-refractivity contribution >= 4 is 39.0 Å². The van der Waals surface area contributed by atoms with Crippen molar-refractivity contribution in [2.24, 2.45) is 7.05 Å². The number of Topliss-reactive ketones (excluding diaryl/α,β-unsaturated/α-hetero) is 1. The molecule has 2 heterocycles. The Hall–Kier alpha value is -1.45. The van der Waals surface area contributed by atoms with E-state index in [0.29, 0.717) is 48.2 Å². The minimum Gasteiger partial charge on any atom is -0.339 e. The van der Waals surface area contributed by atoms with E-state index in [1.165, 1.54) is 23.5 Å². The molecule has 2 aliphatic rings. The van der Waals surface area contributed by atoms with E-state index in [1.807, 2.05) is 0 Å². The van der Waals surface area contributed by atoms with Gasteiger partial charge in [-0.05, 0) is 31.4 Å². The van der Waals surface area contributed by atoms with E-state index in [9.17, 15) is 13.2 Å². The molecule has 2 fully saturated rings.